The summed E-state index contributed by atoms with van der Waals surface area (Å²) >= 11 is 3.41. The molecule has 0 unspecified atom stereocenters. The number of carbonyl (C=O) groups is 2. The Morgan fingerprint density at radius 3 is 2.65 bits per heavy atom. The Balaban J connectivity index is 1.89. The zero-order valence-corrected chi connectivity index (χ0v) is 12.9. The Labute approximate surface area is 127 Å². The van der Waals surface area contributed by atoms with Crippen LogP contribution in [-0.4, -0.2) is 29.7 Å². The van der Waals surface area contributed by atoms with Gasteiger partial charge in [0.2, 0.25) is 5.91 Å². The van der Waals surface area contributed by atoms with Crippen molar-refractivity contribution in [3.63, 3.8) is 0 Å². The summed E-state index contributed by atoms with van der Waals surface area (Å²) in [4.78, 5) is 25.5. The predicted molar refractivity (Wildman–Crippen MR) is 82.4 cm³/mol. The van der Waals surface area contributed by atoms with Crippen LogP contribution in [0.1, 0.15) is 18.4 Å². The van der Waals surface area contributed by atoms with E-state index < -0.39 is 0 Å². The molecule has 1 aliphatic heterocycles. The highest BCUT2D eigenvalue weighted by atomic mass is 79.9. The van der Waals surface area contributed by atoms with E-state index in [4.69, 9.17) is 0 Å². The van der Waals surface area contributed by atoms with E-state index in [2.05, 4.69) is 22.5 Å². The van der Waals surface area contributed by atoms with Crippen LogP contribution in [0.2, 0.25) is 0 Å². The Bertz CT molecular complexity index is 519. The maximum atomic E-state index is 12.3. The highest BCUT2D eigenvalue weighted by Gasteiger charge is 2.26. The molecule has 1 heterocycles. The van der Waals surface area contributed by atoms with Gasteiger partial charge in [0.1, 0.15) is 5.78 Å². The van der Waals surface area contributed by atoms with Gasteiger partial charge in [0, 0.05) is 29.9 Å². The summed E-state index contributed by atoms with van der Waals surface area (Å²) in [6.07, 6.45) is 3.32. The monoisotopic (exact) mass is 335 g/mol. The summed E-state index contributed by atoms with van der Waals surface area (Å²) in [5, 5.41) is 0. The second kappa shape index (κ2) is 6.84. The fraction of sp³-hybridized carbons (Fsp3) is 0.375. The van der Waals surface area contributed by atoms with Crippen molar-refractivity contribution in [2.24, 2.45) is 5.92 Å². The zero-order valence-electron chi connectivity index (χ0n) is 11.3. The van der Waals surface area contributed by atoms with Crippen LogP contribution in [0.3, 0.4) is 0 Å². The van der Waals surface area contributed by atoms with Gasteiger partial charge in [0.05, 0.1) is 0 Å². The number of halogens is 1. The molecule has 0 radical (unpaired) electrons. The highest BCUT2D eigenvalue weighted by Crippen LogP contribution is 2.21. The van der Waals surface area contributed by atoms with E-state index >= 15 is 0 Å². The summed E-state index contributed by atoms with van der Waals surface area (Å²) < 4.78 is 0.995. The van der Waals surface area contributed by atoms with Crippen LogP contribution in [0.15, 0.2) is 41.4 Å². The van der Waals surface area contributed by atoms with Crippen molar-refractivity contribution in [1.29, 1.82) is 0 Å². The van der Waals surface area contributed by atoms with Gasteiger partial charge in [-0.2, -0.15) is 0 Å². The van der Waals surface area contributed by atoms with Crippen molar-refractivity contribution in [2.45, 2.75) is 19.3 Å². The predicted octanol–water partition coefficient (Wildman–Crippen LogP) is 2.99. The van der Waals surface area contributed by atoms with Gasteiger partial charge < -0.3 is 4.90 Å². The van der Waals surface area contributed by atoms with Crippen molar-refractivity contribution < 1.29 is 9.59 Å². The molecule has 106 valence electrons. The molecule has 0 N–H and O–H groups in total. The SMILES string of the molecule is C=CC(=O)N1CCC(C(=O)Cc2cccc(Br)c2)CC1. The number of nitrogens with zero attached hydrogens (tertiary/aromatic N) is 1. The maximum Gasteiger partial charge on any atom is 0.245 e. The lowest BCUT2D eigenvalue weighted by Crippen LogP contribution is -2.39. The summed E-state index contributed by atoms with van der Waals surface area (Å²) in [5.41, 5.74) is 1.04. The van der Waals surface area contributed by atoms with E-state index in [-0.39, 0.29) is 17.6 Å². The molecule has 0 aromatic heterocycles. The largest absolute Gasteiger partial charge is 0.339 e. The van der Waals surface area contributed by atoms with Gasteiger partial charge in [-0.1, -0.05) is 34.6 Å². The second-order valence-electron chi connectivity index (χ2n) is 5.08. The molecule has 1 amide bonds. The van der Waals surface area contributed by atoms with Crippen LogP contribution < -0.4 is 0 Å². The van der Waals surface area contributed by atoms with Crippen molar-refractivity contribution in [3.05, 3.63) is 47.0 Å². The number of carbonyl (C=O) groups excluding carboxylic acids is 2. The minimum atomic E-state index is -0.0390. The number of likely N-dealkylation sites (tertiary alicyclic amines) is 1. The van der Waals surface area contributed by atoms with Crippen LogP contribution in [0.4, 0.5) is 0 Å². The minimum Gasteiger partial charge on any atom is -0.339 e. The summed E-state index contributed by atoms with van der Waals surface area (Å²) in [6, 6.07) is 7.85. The van der Waals surface area contributed by atoms with Gasteiger partial charge in [-0.3, -0.25) is 9.59 Å². The van der Waals surface area contributed by atoms with Gasteiger partial charge in [-0.25, -0.2) is 0 Å². The van der Waals surface area contributed by atoms with Crippen molar-refractivity contribution >= 4 is 27.6 Å². The topological polar surface area (TPSA) is 37.4 Å². The van der Waals surface area contributed by atoms with E-state index in [9.17, 15) is 9.59 Å². The Hall–Kier alpha value is -1.42. The average molecular weight is 336 g/mol. The van der Waals surface area contributed by atoms with Crippen LogP contribution in [-0.2, 0) is 16.0 Å². The van der Waals surface area contributed by atoms with Crippen molar-refractivity contribution in [2.75, 3.05) is 13.1 Å². The van der Waals surface area contributed by atoms with Crippen LogP contribution in [0, 0.1) is 5.92 Å². The molecular weight excluding hydrogens is 318 g/mol. The molecule has 1 saturated heterocycles. The normalized spacial score (nSPS) is 15.9. The smallest absolute Gasteiger partial charge is 0.245 e. The average Bonchev–Trinajstić information content (AvgIpc) is 2.46. The highest BCUT2D eigenvalue weighted by molar-refractivity contribution is 9.10. The van der Waals surface area contributed by atoms with Crippen LogP contribution in [0.5, 0.6) is 0 Å². The second-order valence-corrected chi connectivity index (χ2v) is 5.99. The molecule has 0 bridgehead atoms. The van der Waals surface area contributed by atoms with E-state index in [0.29, 0.717) is 19.5 Å². The summed E-state index contributed by atoms with van der Waals surface area (Å²) in [6.45, 7) is 4.80. The maximum absolute atomic E-state index is 12.3. The number of hydrogen-bond donors (Lipinski definition) is 0. The molecule has 20 heavy (non-hydrogen) atoms. The standard InChI is InChI=1S/C16H18BrNO2/c1-2-16(20)18-8-6-13(7-9-18)15(19)11-12-4-3-5-14(17)10-12/h2-5,10,13H,1,6-9,11H2. The first kappa shape index (κ1) is 15.0. The molecule has 0 atom stereocenters. The Morgan fingerprint density at radius 2 is 2.05 bits per heavy atom. The fourth-order valence-electron chi connectivity index (χ4n) is 2.54. The fourth-order valence-corrected chi connectivity index (χ4v) is 2.99. The van der Waals surface area contributed by atoms with E-state index in [1.54, 1.807) is 4.90 Å². The van der Waals surface area contributed by atoms with E-state index in [1.807, 2.05) is 24.3 Å². The molecule has 2 rings (SSSR count). The molecule has 1 aromatic carbocycles. The number of Topliss-reactive ketones (excluding diaryl/α,β-unsaturated/α-hetero) is 1. The minimum absolute atomic E-state index is 0.0390. The zero-order chi connectivity index (χ0) is 14.5. The molecule has 3 nitrogen and oxygen atoms in total. The molecule has 1 aromatic rings. The lowest BCUT2D eigenvalue weighted by Gasteiger charge is -2.30. The van der Waals surface area contributed by atoms with Crippen LogP contribution >= 0.6 is 15.9 Å². The van der Waals surface area contributed by atoms with E-state index in [1.165, 1.54) is 6.08 Å². The lowest BCUT2D eigenvalue weighted by atomic mass is 9.89. The number of benzene rings is 1. The van der Waals surface area contributed by atoms with Crippen molar-refractivity contribution in [1.82, 2.24) is 4.90 Å². The first-order chi connectivity index (χ1) is 9.60. The lowest BCUT2D eigenvalue weighted by molar-refractivity contribution is -0.130. The molecule has 4 heteroatoms. The van der Waals surface area contributed by atoms with Crippen molar-refractivity contribution in [3.8, 4) is 0 Å². The van der Waals surface area contributed by atoms with Gasteiger partial charge in [-0.05, 0) is 36.6 Å². The number of hydrogen-bond acceptors (Lipinski definition) is 2. The number of amides is 1. The third-order valence-electron chi connectivity index (χ3n) is 3.70. The van der Waals surface area contributed by atoms with Gasteiger partial charge in [-0.15, -0.1) is 0 Å². The molecular formula is C16H18BrNO2. The Kier molecular flexibility index (Phi) is 5.12. The van der Waals surface area contributed by atoms with Gasteiger partial charge >= 0.3 is 0 Å². The quantitative estimate of drug-likeness (QED) is 0.793. The number of piperidine rings is 1. The number of ketones is 1. The first-order valence-electron chi connectivity index (χ1n) is 6.78. The molecule has 1 aliphatic rings. The van der Waals surface area contributed by atoms with E-state index in [0.717, 1.165) is 22.9 Å². The first-order valence-corrected chi connectivity index (χ1v) is 7.58. The third kappa shape index (κ3) is 3.79. The summed E-state index contributed by atoms with van der Waals surface area (Å²) in [7, 11) is 0. The summed E-state index contributed by atoms with van der Waals surface area (Å²) in [5.74, 6) is 0.305. The molecule has 0 spiro atoms. The van der Waals surface area contributed by atoms with Crippen LogP contribution in [0.25, 0.3) is 0 Å². The molecule has 1 fully saturated rings. The third-order valence-corrected chi connectivity index (χ3v) is 4.20. The van der Waals surface area contributed by atoms with Gasteiger partial charge in [0.25, 0.3) is 0 Å². The van der Waals surface area contributed by atoms with Gasteiger partial charge in [0.15, 0.2) is 0 Å². The molecule has 0 aliphatic carbocycles. The Morgan fingerprint density at radius 1 is 1.35 bits per heavy atom. The number of rotatable bonds is 4. The molecule has 0 saturated carbocycles.